The summed E-state index contributed by atoms with van der Waals surface area (Å²) >= 11 is 8.91. The van der Waals surface area contributed by atoms with Gasteiger partial charge < -0.3 is 5.73 Å². The van der Waals surface area contributed by atoms with Crippen molar-refractivity contribution in [2.75, 3.05) is 0 Å². The maximum absolute atomic E-state index is 13.8. The van der Waals surface area contributed by atoms with E-state index in [4.69, 9.17) is 11.6 Å². The minimum atomic E-state index is -0.300. The van der Waals surface area contributed by atoms with Crippen molar-refractivity contribution >= 4 is 39.7 Å². The van der Waals surface area contributed by atoms with E-state index in [0.29, 0.717) is 22.3 Å². The molecule has 9 heteroatoms. The number of nitrogens with zero attached hydrogens (tertiary/aromatic N) is 4. The smallest absolute Gasteiger partial charge is 0.235 e. The SMILES string of the molecule is CC(C)[C@H]([NH3+])c1nnc2sc(SCc3c(F)cccc3Cl)nn12. The van der Waals surface area contributed by atoms with Crippen molar-refractivity contribution in [2.45, 2.75) is 30.0 Å². The van der Waals surface area contributed by atoms with Gasteiger partial charge in [0.25, 0.3) is 0 Å². The first-order valence-electron chi connectivity index (χ1n) is 7.08. The summed E-state index contributed by atoms with van der Waals surface area (Å²) in [6.45, 7) is 4.17. The number of rotatable bonds is 5. The molecule has 3 rings (SSSR count). The van der Waals surface area contributed by atoms with Crippen molar-refractivity contribution in [2.24, 2.45) is 5.92 Å². The van der Waals surface area contributed by atoms with E-state index in [1.54, 1.807) is 16.6 Å². The largest absolute Gasteiger partial charge is 0.348 e. The lowest BCUT2D eigenvalue weighted by Gasteiger charge is -2.08. The molecule has 2 aromatic heterocycles. The number of halogens is 2. The third kappa shape index (κ3) is 3.35. The first kappa shape index (κ1) is 16.6. The Morgan fingerprint density at radius 3 is 2.87 bits per heavy atom. The number of hydrogen-bond acceptors (Lipinski definition) is 5. The van der Waals surface area contributed by atoms with E-state index in [1.165, 1.54) is 29.2 Å². The molecule has 0 aliphatic rings. The molecular formula is C14H16ClFN5S2+. The molecule has 0 unspecified atom stereocenters. The second-order valence-corrected chi connectivity index (χ2v) is 8.05. The van der Waals surface area contributed by atoms with Crippen LogP contribution in [0.15, 0.2) is 22.5 Å². The van der Waals surface area contributed by atoms with Crippen LogP contribution >= 0.6 is 34.7 Å². The molecule has 0 spiro atoms. The van der Waals surface area contributed by atoms with Crippen LogP contribution in [-0.2, 0) is 5.75 Å². The lowest BCUT2D eigenvalue weighted by atomic mass is 10.1. The quantitative estimate of drug-likeness (QED) is 0.698. The fourth-order valence-electron chi connectivity index (χ4n) is 2.01. The maximum Gasteiger partial charge on any atom is 0.235 e. The van der Waals surface area contributed by atoms with Crippen LogP contribution in [0.25, 0.3) is 4.96 Å². The Kier molecular flexibility index (Phi) is 4.86. The zero-order valence-corrected chi connectivity index (χ0v) is 15.1. The van der Waals surface area contributed by atoms with Crippen molar-refractivity contribution in [1.29, 1.82) is 0 Å². The monoisotopic (exact) mass is 372 g/mol. The van der Waals surface area contributed by atoms with E-state index in [9.17, 15) is 4.39 Å². The van der Waals surface area contributed by atoms with Gasteiger partial charge in [0.05, 0.1) is 0 Å². The number of hydrogen-bond donors (Lipinski definition) is 1. The lowest BCUT2D eigenvalue weighted by Crippen LogP contribution is -2.56. The van der Waals surface area contributed by atoms with E-state index in [1.807, 2.05) is 0 Å². The van der Waals surface area contributed by atoms with E-state index in [2.05, 4.69) is 34.9 Å². The molecule has 0 aliphatic carbocycles. The van der Waals surface area contributed by atoms with Gasteiger partial charge in [-0.15, -0.1) is 15.3 Å². The van der Waals surface area contributed by atoms with Crippen molar-refractivity contribution < 1.29 is 10.1 Å². The normalized spacial score (nSPS) is 13.1. The fourth-order valence-corrected chi connectivity index (χ4v) is 4.23. The van der Waals surface area contributed by atoms with Crippen LogP contribution in [0.1, 0.15) is 31.3 Å². The standard InChI is InChI=1S/C14H15ClFN5S2/c1-7(2)11(17)12-18-19-13-21(12)20-14(23-13)22-6-8-9(15)4-3-5-10(8)16/h3-5,7,11H,6,17H2,1-2H3/p+1/t11-/m0/s1. The van der Waals surface area contributed by atoms with Gasteiger partial charge in [0.2, 0.25) is 10.8 Å². The molecule has 0 aliphatic heterocycles. The highest BCUT2D eigenvalue weighted by atomic mass is 35.5. The predicted molar refractivity (Wildman–Crippen MR) is 90.1 cm³/mol. The van der Waals surface area contributed by atoms with Gasteiger partial charge in [0.1, 0.15) is 11.9 Å². The molecule has 23 heavy (non-hydrogen) atoms. The summed E-state index contributed by atoms with van der Waals surface area (Å²) in [6, 6.07) is 4.72. The van der Waals surface area contributed by atoms with Crippen molar-refractivity contribution in [3.8, 4) is 0 Å². The molecule has 3 aromatic rings. The number of aromatic nitrogens is 4. The van der Waals surface area contributed by atoms with Crippen molar-refractivity contribution in [3.05, 3.63) is 40.4 Å². The third-order valence-corrected chi connectivity index (χ3v) is 5.95. The maximum atomic E-state index is 13.8. The van der Waals surface area contributed by atoms with Gasteiger partial charge in [0, 0.05) is 22.3 Å². The summed E-state index contributed by atoms with van der Waals surface area (Å²) in [4.78, 5) is 0.719. The van der Waals surface area contributed by atoms with Gasteiger partial charge in [-0.25, -0.2) is 4.39 Å². The second kappa shape index (κ2) is 6.72. The highest BCUT2D eigenvalue weighted by Crippen LogP contribution is 2.31. The number of thioether (sulfide) groups is 1. The van der Waals surface area contributed by atoms with Gasteiger partial charge in [-0.05, 0) is 12.1 Å². The zero-order valence-electron chi connectivity index (χ0n) is 12.7. The molecule has 122 valence electrons. The average Bonchev–Trinajstić information content (AvgIpc) is 3.05. The molecule has 5 nitrogen and oxygen atoms in total. The van der Waals surface area contributed by atoms with Gasteiger partial charge >= 0.3 is 0 Å². The Balaban J connectivity index is 1.82. The van der Waals surface area contributed by atoms with E-state index >= 15 is 0 Å². The second-order valence-electron chi connectivity index (χ2n) is 5.46. The highest BCUT2D eigenvalue weighted by molar-refractivity contribution is 8.00. The minimum absolute atomic E-state index is 0.0194. The Morgan fingerprint density at radius 2 is 2.17 bits per heavy atom. The Morgan fingerprint density at radius 1 is 1.39 bits per heavy atom. The summed E-state index contributed by atoms with van der Waals surface area (Å²) in [5.74, 6) is 1.22. The zero-order chi connectivity index (χ0) is 16.6. The van der Waals surface area contributed by atoms with Crippen LogP contribution in [-0.4, -0.2) is 19.8 Å². The average molecular weight is 373 g/mol. The van der Waals surface area contributed by atoms with Crippen LogP contribution in [0, 0.1) is 11.7 Å². The van der Waals surface area contributed by atoms with Crippen LogP contribution in [0.5, 0.6) is 0 Å². The summed E-state index contributed by atoms with van der Waals surface area (Å²) in [7, 11) is 0. The third-order valence-electron chi connectivity index (χ3n) is 3.53. The molecule has 0 bridgehead atoms. The Labute approximate surface area is 146 Å². The first-order valence-corrected chi connectivity index (χ1v) is 9.26. The molecule has 1 atom stereocenters. The predicted octanol–water partition coefficient (Wildman–Crippen LogP) is 3.21. The Hall–Kier alpha value is -1.22. The highest BCUT2D eigenvalue weighted by Gasteiger charge is 2.23. The van der Waals surface area contributed by atoms with E-state index < -0.39 is 0 Å². The fraction of sp³-hybridized carbons (Fsp3) is 0.357. The number of fused-ring (bicyclic) bond motifs is 1. The van der Waals surface area contributed by atoms with Crippen molar-refractivity contribution in [1.82, 2.24) is 19.8 Å². The number of benzene rings is 1. The molecule has 0 saturated carbocycles. The van der Waals surface area contributed by atoms with Gasteiger partial charge in [-0.1, -0.05) is 54.6 Å². The topological polar surface area (TPSA) is 70.7 Å². The van der Waals surface area contributed by atoms with Crippen molar-refractivity contribution in [3.63, 3.8) is 0 Å². The molecule has 0 fully saturated rings. The molecule has 0 radical (unpaired) electrons. The van der Waals surface area contributed by atoms with Gasteiger partial charge in [0.15, 0.2) is 4.34 Å². The molecular weight excluding hydrogens is 357 g/mol. The molecule has 0 amide bonds. The molecule has 0 saturated heterocycles. The van der Waals surface area contributed by atoms with E-state index in [0.717, 1.165) is 15.1 Å². The van der Waals surface area contributed by atoms with E-state index in [-0.39, 0.29) is 11.9 Å². The minimum Gasteiger partial charge on any atom is -0.348 e. The summed E-state index contributed by atoms with van der Waals surface area (Å²) < 4.78 is 16.3. The van der Waals surface area contributed by atoms with Crippen LogP contribution in [0.4, 0.5) is 4.39 Å². The van der Waals surface area contributed by atoms with Crippen LogP contribution < -0.4 is 5.73 Å². The Bertz CT molecular complexity index is 812. The molecule has 3 N–H and O–H groups in total. The van der Waals surface area contributed by atoms with Crippen LogP contribution in [0.2, 0.25) is 5.02 Å². The summed E-state index contributed by atoms with van der Waals surface area (Å²) in [5, 5.41) is 13.3. The van der Waals surface area contributed by atoms with Crippen LogP contribution in [0.3, 0.4) is 0 Å². The van der Waals surface area contributed by atoms with Gasteiger partial charge in [-0.2, -0.15) is 4.52 Å². The first-order chi connectivity index (χ1) is 11.0. The molecule has 2 heterocycles. The lowest BCUT2D eigenvalue weighted by molar-refractivity contribution is -0.440. The summed E-state index contributed by atoms with van der Waals surface area (Å²) in [6.07, 6.45) is 0. The summed E-state index contributed by atoms with van der Waals surface area (Å²) in [5.41, 5.74) is 4.61. The van der Waals surface area contributed by atoms with Gasteiger partial charge in [-0.3, -0.25) is 0 Å². The number of quaternary nitrogens is 1. The molecule has 1 aromatic carbocycles.